The number of esters is 1. The van der Waals surface area contributed by atoms with Crippen LogP contribution in [0.25, 0.3) is 0 Å². The normalized spacial score (nSPS) is 10.0. The third-order valence-electron chi connectivity index (χ3n) is 1.74. The minimum Gasteiger partial charge on any atom is -0.462 e. The van der Waals surface area contributed by atoms with Gasteiger partial charge in [0.15, 0.2) is 0 Å². The van der Waals surface area contributed by atoms with Crippen molar-refractivity contribution in [3.8, 4) is 0 Å². The second-order valence-electron chi connectivity index (χ2n) is 2.80. The van der Waals surface area contributed by atoms with Crippen LogP contribution in [0, 0.1) is 6.92 Å². The van der Waals surface area contributed by atoms with Crippen molar-refractivity contribution in [1.82, 2.24) is 0 Å². The van der Waals surface area contributed by atoms with Crippen molar-refractivity contribution in [1.29, 1.82) is 0 Å². The van der Waals surface area contributed by atoms with E-state index in [9.17, 15) is 4.79 Å². The Labute approximate surface area is 96.3 Å². The van der Waals surface area contributed by atoms with E-state index in [1.165, 1.54) is 0 Å². The fourth-order valence-corrected chi connectivity index (χ4v) is 1.82. The zero-order valence-electron chi connectivity index (χ0n) is 7.93. The quantitative estimate of drug-likeness (QED) is 0.772. The highest BCUT2D eigenvalue weighted by Crippen LogP contribution is 2.25. The highest BCUT2D eigenvalue weighted by Gasteiger charge is 2.12. The van der Waals surface area contributed by atoms with Crippen LogP contribution in [0.5, 0.6) is 0 Å². The molecular formula is C10H10BrClO2. The van der Waals surface area contributed by atoms with Crippen LogP contribution in [0.15, 0.2) is 16.6 Å². The van der Waals surface area contributed by atoms with Gasteiger partial charge in [-0.3, -0.25) is 0 Å². The van der Waals surface area contributed by atoms with Crippen molar-refractivity contribution >= 4 is 33.5 Å². The maximum atomic E-state index is 11.4. The van der Waals surface area contributed by atoms with Gasteiger partial charge in [-0.1, -0.05) is 11.6 Å². The largest absolute Gasteiger partial charge is 0.462 e. The minimum atomic E-state index is -0.334. The molecule has 0 unspecified atom stereocenters. The lowest BCUT2D eigenvalue weighted by molar-refractivity contribution is 0.0525. The molecule has 0 aliphatic rings. The first-order valence-electron chi connectivity index (χ1n) is 4.19. The fraction of sp³-hybridized carbons (Fsp3) is 0.300. The summed E-state index contributed by atoms with van der Waals surface area (Å²) in [6, 6.07) is 3.41. The molecule has 0 aliphatic carbocycles. The van der Waals surface area contributed by atoms with Crippen molar-refractivity contribution in [3.05, 3.63) is 32.8 Å². The highest BCUT2D eigenvalue weighted by atomic mass is 79.9. The van der Waals surface area contributed by atoms with Gasteiger partial charge in [0.05, 0.1) is 12.2 Å². The van der Waals surface area contributed by atoms with E-state index in [0.29, 0.717) is 21.7 Å². The second-order valence-corrected chi connectivity index (χ2v) is 4.06. The SMILES string of the molecule is CCOC(=O)c1cc(C)c(Cl)cc1Br. The van der Waals surface area contributed by atoms with Crippen molar-refractivity contribution in [3.63, 3.8) is 0 Å². The van der Waals surface area contributed by atoms with Crippen LogP contribution in [0.3, 0.4) is 0 Å². The molecule has 1 aromatic rings. The van der Waals surface area contributed by atoms with E-state index in [-0.39, 0.29) is 5.97 Å². The maximum absolute atomic E-state index is 11.4. The summed E-state index contributed by atoms with van der Waals surface area (Å²) in [4.78, 5) is 11.4. The zero-order valence-corrected chi connectivity index (χ0v) is 10.3. The number of hydrogen-bond donors (Lipinski definition) is 0. The molecule has 0 spiro atoms. The molecule has 76 valence electrons. The number of benzene rings is 1. The Balaban J connectivity index is 3.09. The van der Waals surface area contributed by atoms with Gasteiger partial charge >= 0.3 is 5.97 Å². The Bertz CT molecular complexity index is 363. The molecule has 0 saturated carbocycles. The number of carbonyl (C=O) groups excluding carboxylic acids is 1. The van der Waals surface area contributed by atoms with E-state index < -0.39 is 0 Å². The van der Waals surface area contributed by atoms with E-state index in [0.717, 1.165) is 5.56 Å². The van der Waals surface area contributed by atoms with Crippen molar-refractivity contribution in [2.45, 2.75) is 13.8 Å². The van der Waals surface area contributed by atoms with Gasteiger partial charge in [-0.25, -0.2) is 4.79 Å². The monoisotopic (exact) mass is 276 g/mol. The number of carbonyl (C=O) groups is 1. The molecular weight excluding hydrogens is 267 g/mol. The summed E-state index contributed by atoms with van der Waals surface area (Å²) in [5.74, 6) is -0.334. The van der Waals surface area contributed by atoms with Gasteiger partial charge in [0.1, 0.15) is 0 Å². The highest BCUT2D eigenvalue weighted by molar-refractivity contribution is 9.10. The molecule has 1 rings (SSSR count). The number of halogens is 2. The maximum Gasteiger partial charge on any atom is 0.339 e. The molecule has 0 amide bonds. The summed E-state index contributed by atoms with van der Waals surface area (Å²) >= 11 is 9.15. The lowest BCUT2D eigenvalue weighted by Crippen LogP contribution is -2.05. The lowest BCUT2D eigenvalue weighted by atomic mass is 10.1. The molecule has 0 N–H and O–H groups in total. The zero-order chi connectivity index (χ0) is 10.7. The lowest BCUT2D eigenvalue weighted by Gasteiger charge is -2.06. The molecule has 0 aliphatic heterocycles. The van der Waals surface area contributed by atoms with E-state index in [1.807, 2.05) is 6.92 Å². The molecule has 0 radical (unpaired) electrons. The molecule has 0 saturated heterocycles. The van der Waals surface area contributed by atoms with E-state index in [2.05, 4.69) is 15.9 Å². The smallest absolute Gasteiger partial charge is 0.339 e. The van der Waals surface area contributed by atoms with Crippen molar-refractivity contribution < 1.29 is 9.53 Å². The van der Waals surface area contributed by atoms with Gasteiger partial charge in [-0.2, -0.15) is 0 Å². The Morgan fingerprint density at radius 3 is 2.79 bits per heavy atom. The van der Waals surface area contributed by atoms with Crippen LogP contribution < -0.4 is 0 Å². The van der Waals surface area contributed by atoms with Crippen LogP contribution >= 0.6 is 27.5 Å². The number of hydrogen-bond acceptors (Lipinski definition) is 2. The summed E-state index contributed by atoms with van der Waals surface area (Å²) in [6.45, 7) is 3.99. The molecule has 0 heterocycles. The minimum absolute atomic E-state index is 0.334. The predicted molar refractivity (Wildman–Crippen MR) is 59.8 cm³/mol. The third-order valence-corrected chi connectivity index (χ3v) is 2.81. The first kappa shape index (κ1) is 11.5. The summed E-state index contributed by atoms with van der Waals surface area (Å²) < 4.78 is 5.55. The van der Waals surface area contributed by atoms with Gasteiger partial charge in [-0.05, 0) is 47.5 Å². The summed E-state index contributed by atoms with van der Waals surface area (Å²) in [5.41, 5.74) is 1.37. The summed E-state index contributed by atoms with van der Waals surface area (Å²) in [6.07, 6.45) is 0. The molecule has 0 aromatic heterocycles. The molecule has 14 heavy (non-hydrogen) atoms. The van der Waals surface area contributed by atoms with E-state index in [4.69, 9.17) is 16.3 Å². The third kappa shape index (κ3) is 2.49. The second kappa shape index (κ2) is 4.80. The van der Waals surface area contributed by atoms with Crippen LogP contribution in [0.2, 0.25) is 5.02 Å². The predicted octanol–water partition coefficient (Wildman–Crippen LogP) is 3.59. The Hall–Kier alpha value is -0.540. The van der Waals surface area contributed by atoms with Gasteiger partial charge in [0.25, 0.3) is 0 Å². The van der Waals surface area contributed by atoms with Crippen LogP contribution in [0.1, 0.15) is 22.8 Å². The average molecular weight is 278 g/mol. The van der Waals surface area contributed by atoms with Gasteiger partial charge in [0.2, 0.25) is 0 Å². The Kier molecular flexibility index (Phi) is 3.96. The average Bonchev–Trinajstić information content (AvgIpc) is 2.11. The van der Waals surface area contributed by atoms with Crippen LogP contribution in [0.4, 0.5) is 0 Å². The molecule has 0 fully saturated rings. The fourth-order valence-electron chi connectivity index (χ4n) is 1.02. The molecule has 1 aromatic carbocycles. The standard InChI is InChI=1S/C10H10BrClO2/c1-3-14-10(13)7-4-6(2)9(12)5-8(7)11/h4-5H,3H2,1-2H3. The number of ether oxygens (including phenoxy) is 1. The van der Waals surface area contributed by atoms with Crippen molar-refractivity contribution in [2.75, 3.05) is 6.61 Å². The van der Waals surface area contributed by atoms with Gasteiger partial charge in [-0.15, -0.1) is 0 Å². The summed E-state index contributed by atoms with van der Waals surface area (Å²) in [7, 11) is 0. The molecule has 0 bridgehead atoms. The van der Waals surface area contributed by atoms with Gasteiger partial charge < -0.3 is 4.74 Å². The molecule has 2 nitrogen and oxygen atoms in total. The molecule has 4 heteroatoms. The summed E-state index contributed by atoms with van der Waals surface area (Å²) in [5, 5.41) is 0.630. The van der Waals surface area contributed by atoms with Crippen LogP contribution in [-0.2, 0) is 4.74 Å². The van der Waals surface area contributed by atoms with Crippen LogP contribution in [-0.4, -0.2) is 12.6 Å². The number of aryl methyl sites for hydroxylation is 1. The van der Waals surface area contributed by atoms with Gasteiger partial charge in [0, 0.05) is 9.50 Å². The number of rotatable bonds is 2. The van der Waals surface area contributed by atoms with E-state index in [1.54, 1.807) is 19.1 Å². The Morgan fingerprint density at radius 2 is 2.21 bits per heavy atom. The van der Waals surface area contributed by atoms with Crippen molar-refractivity contribution in [2.24, 2.45) is 0 Å². The molecule has 0 atom stereocenters. The first-order chi connectivity index (χ1) is 6.56. The Morgan fingerprint density at radius 1 is 1.57 bits per heavy atom. The first-order valence-corrected chi connectivity index (χ1v) is 5.36. The van der Waals surface area contributed by atoms with E-state index >= 15 is 0 Å². The topological polar surface area (TPSA) is 26.3 Å².